The highest BCUT2D eigenvalue weighted by atomic mass is 19.4. The second kappa shape index (κ2) is 12.1. The molecule has 0 bridgehead atoms. The van der Waals surface area contributed by atoms with Crippen molar-refractivity contribution in [3.63, 3.8) is 0 Å². The number of aromatic nitrogens is 2. The average molecular weight is 540 g/mol. The molecule has 2 aromatic heterocycles. The highest BCUT2D eigenvalue weighted by Crippen LogP contribution is 2.48. The SMILES string of the molecule is C=N/C(=N\OCC1CC1(F)F)c1ccc(C)c(NC=O)c1.Cc1cnc2ccc(COCC(F)(F)F)cn12. The predicted molar refractivity (Wildman–Crippen MR) is 132 cm³/mol. The van der Waals surface area contributed by atoms with E-state index in [0.717, 1.165) is 16.9 Å². The predicted octanol–water partition coefficient (Wildman–Crippen LogP) is 5.32. The summed E-state index contributed by atoms with van der Waals surface area (Å²) >= 11 is 0. The fourth-order valence-electron chi connectivity index (χ4n) is 3.31. The first-order valence-electron chi connectivity index (χ1n) is 11.4. The zero-order valence-electron chi connectivity index (χ0n) is 20.6. The summed E-state index contributed by atoms with van der Waals surface area (Å²) in [7, 11) is 0. The number of halogens is 5. The van der Waals surface area contributed by atoms with Crippen molar-refractivity contribution in [2.45, 2.75) is 39.0 Å². The Morgan fingerprint density at radius 1 is 1.29 bits per heavy atom. The van der Waals surface area contributed by atoms with E-state index in [1.165, 1.54) is 0 Å². The van der Waals surface area contributed by atoms with Crippen molar-refractivity contribution in [1.29, 1.82) is 0 Å². The molecular formula is C25H26F5N5O3. The van der Waals surface area contributed by atoms with E-state index in [9.17, 15) is 26.7 Å². The van der Waals surface area contributed by atoms with Crippen molar-refractivity contribution in [3.8, 4) is 0 Å². The number of imidazole rings is 1. The highest BCUT2D eigenvalue weighted by Gasteiger charge is 2.57. The number of aryl methyl sites for hydroxylation is 2. The van der Waals surface area contributed by atoms with Crippen LogP contribution in [0.2, 0.25) is 0 Å². The van der Waals surface area contributed by atoms with Gasteiger partial charge in [0.15, 0.2) is 5.84 Å². The summed E-state index contributed by atoms with van der Waals surface area (Å²) in [6.45, 7) is 5.64. The van der Waals surface area contributed by atoms with Gasteiger partial charge in [-0.15, -0.1) is 0 Å². The van der Waals surface area contributed by atoms with Crippen molar-refractivity contribution in [3.05, 3.63) is 65.1 Å². The number of fused-ring (bicyclic) bond motifs is 1. The molecule has 1 aliphatic rings. The summed E-state index contributed by atoms with van der Waals surface area (Å²) in [5, 5.41) is 6.28. The van der Waals surface area contributed by atoms with Crippen LogP contribution in [0.3, 0.4) is 0 Å². The van der Waals surface area contributed by atoms with Crippen LogP contribution in [-0.4, -0.2) is 53.7 Å². The van der Waals surface area contributed by atoms with E-state index in [-0.39, 0.29) is 25.5 Å². The second-order valence-corrected chi connectivity index (χ2v) is 8.60. The number of hydrogen-bond acceptors (Lipinski definition) is 5. The molecule has 2 heterocycles. The number of hydrogen-bond donors (Lipinski definition) is 1. The first-order chi connectivity index (χ1) is 17.9. The molecule has 8 nitrogen and oxygen atoms in total. The number of aliphatic imine (C=N–C) groups is 1. The molecule has 0 spiro atoms. The highest BCUT2D eigenvalue weighted by molar-refractivity contribution is 6.02. The molecule has 0 saturated heterocycles. The lowest BCUT2D eigenvalue weighted by Crippen LogP contribution is -2.16. The molecule has 1 aromatic carbocycles. The zero-order chi connectivity index (χ0) is 27.9. The van der Waals surface area contributed by atoms with Gasteiger partial charge < -0.3 is 19.3 Å². The normalized spacial score (nSPS) is 16.4. The minimum atomic E-state index is -4.28. The van der Waals surface area contributed by atoms with Crippen molar-refractivity contribution >= 4 is 30.3 Å². The van der Waals surface area contributed by atoms with Crippen molar-refractivity contribution in [2.24, 2.45) is 16.1 Å². The Morgan fingerprint density at radius 2 is 2.03 bits per heavy atom. The van der Waals surface area contributed by atoms with Crippen LogP contribution < -0.4 is 5.32 Å². The number of benzene rings is 1. The maximum Gasteiger partial charge on any atom is 0.411 e. The molecule has 0 radical (unpaired) electrons. The number of nitrogens with one attached hydrogen (secondary N) is 1. The number of pyridine rings is 1. The first-order valence-corrected chi connectivity index (χ1v) is 11.4. The molecule has 204 valence electrons. The summed E-state index contributed by atoms with van der Waals surface area (Å²) in [6, 6.07) is 8.62. The van der Waals surface area contributed by atoms with Crippen molar-refractivity contribution in [2.75, 3.05) is 18.5 Å². The molecule has 1 unspecified atom stereocenters. The number of rotatable bonds is 9. The fourth-order valence-corrected chi connectivity index (χ4v) is 3.31. The maximum absolute atomic E-state index is 12.7. The van der Waals surface area contributed by atoms with Gasteiger partial charge in [-0.3, -0.25) is 4.79 Å². The van der Waals surface area contributed by atoms with Crippen molar-refractivity contribution < 1.29 is 36.3 Å². The van der Waals surface area contributed by atoms with E-state index in [1.807, 2.05) is 18.2 Å². The molecule has 38 heavy (non-hydrogen) atoms. The van der Waals surface area contributed by atoms with Crippen LogP contribution in [0.25, 0.3) is 5.65 Å². The molecule has 1 atom stereocenters. The Hall–Kier alpha value is -3.87. The van der Waals surface area contributed by atoms with E-state index in [4.69, 9.17) is 4.84 Å². The van der Waals surface area contributed by atoms with Gasteiger partial charge in [0.1, 0.15) is 18.9 Å². The number of anilines is 1. The summed E-state index contributed by atoms with van der Waals surface area (Å²) in [4.78, 5) is 23.3. The number of amides is 1. The Labute approximate surface area is 215 Å². The summed E-state index contributed by atoms with van der Waals surface area (Å²) in [5.41, 5.74) is 4.42. The van der Waals surface area contributed by atoms with Gasteiger partial charge in [0.2, 0.25) is 6.41 Å². The summed E-state index contributed by atoms with van der Waals surface area (Å²) in [6.07, 6.45) is -0.452. The van der Waals surface area contributed by atoms with Crippen LogP contribution in [0.15, 0.2) is 52.9 Å². The maximum atomic E-state index is 12.7. The molecule has 0 aliphatic heterocycles. The second-order valence-electron chi connectivity index (χ2n) is 8.60. The lowest BCUT2D eigenvalue weighted by Gasteiger charge is -2.08. The topological polar surface area (TPSA) is 89.6 Å². The van der Waals surface area contributed by atoms with Gasteiger partial charge in [0, 0.05) is 35.8 Å². The Balaban J connectivity index is 0.000000215. The molecule has 1 N–H and O–H groups in total. The molecule has 1 aliphatic carbocycles. The standard InChI is InChI=1S/C14H15F2N3O2.C11H11F3N2O/c1-9-3-4-10(5-12(9)18-8-20)13(17-2)19-21-7-11-6-14(11,15)16;1-8-4-15-10-3-2-9(5-16(8)10)6-17-7-11(12,13)14/h3-5,8,11H,2,6-7H2,1H3,(H,18,20);2-5H,6-7H2,1H3/b19-13-;. The van der Waals surface area contributed by atoms with Crippen LogP contribution in [0.5, 0.6) is 0 Å². The fraction of sp³-hybridized carbons (Fsp3) is 0.360. The smallest absolute Gasteiger partial charge is 0.393 e. The number of carbonyl (C=O) groups is 1. The van der Waals surface area contributed by atoms with Gasteiger partial charge in [-0.05, 0) is 43.8 Å². The van der Waals surface area contributed by atoms with E-state index >= 15 is 0 Å². The third-order valence-electron chi connectivity index (χ3n) is 5.53. The van der Waals surface area contributed by atoms with E-state index < -0.39 is 24.6 Å². The minimum absolute atomic E-state index is 0.0624. The Bertz CT molecular complexity index is 1310. The van der Waals surface area contributed by atoms with Crippen LogP contribution >= 0.6 is 0 Å². The molecule has 1 amide bonds. The van der Waals surface area contributed by atoms with Crippen LogP contribution in [-0.2, 0) is 21.0 Å². The van der Waals surface area contributed by atoms with E-state index in [1.54, 1.807) is 42.7 Å². The molecular weight excluding hydrogens is 513 g/mol. The number of oxime groups is 1. The lowest BCUT2D eigenvalue weighted by atomic mass is 10.1. The Kier molecular flexibility index (Phi) is 9.15. The van der Waals surface area contributed by atoms with E-state index in [0.29, 0.717) is 23.2 Å². The Morgan fingerprint density at radius 3 is 2.66 bits per heavy atom. The first kappa shape index (κ1) is 28.7. The largest absolute Gasteiger partial charge is 0.411 e. The minimum Gasteiger partial charge on any atom is -0.393 e. The molecule has 1 saturated carbocycles. The number of amidine groups is 1. The lowest BCUT2D eigenvalue weighted by molar-refractivity contribution is -0.176. The molecule has 1 fully saturated rings. The van der Waals surface area contributed by atoms with Gasteiger partial charge in [0.05, 0.1) is 12.5 Å². The zero-order valence-corrected chi connectivity index (χ0v) is 20.6. The summed E-state index contributed by atoms with van der Waals surface area (Å²) < 4.78 is 67.5. The third-order valence-corrected chi connectivity index (χ3v) is 5.53. The van der Waals surface area contributed by atoms with Gasteiger partial charge in [-0.2, -0.15) is 13.2 Å². The molecule has 4 rings (SSSR count). The van der Waals surface area contributed by atoms with Crippen LogP contribution in [0.4, 0.5) is 27.6 Å². The molecule has 3 aromatic rings. The number of alkyl halides is 5. The quantitative estimate of drug-likeness (QED) is 0.131. The monoisotopic (exact) mass is 539 g/mol. The number of carbonyl (C=O) groups excluding carboxylic acids is 1. The van der Waals surface area contributed by atoms with Gasteiger partial charge in [-0.25, -0.2) is 18.8 Å². The summed E-state index contributed by atoms with van der Waals surface area (Å²) in [5.74, 6) is -3.24. The number of nitrogens with zero attached hydrogens (tertiary/aromatic N) is 4. The molecule has 13 heteroatoms. The van der Waals surface area contributed by atoms with Gasteiger partial charge >= 0.3 is 6.18 Å². The third kappa shape index (κ3) is 8.07. The van der Waals surface area contributed by atoms with E-state index in [2.05, 4.69) is 31.9 Å². The number of ether oxygens (including phenoxy) is 1. The van der Waals surface area contributed by atoms with Gasteiger partial charge in [0.25, 0.3) is 5.92 Å². The van der Waals surface area contributed by atoms with Crippen LogP contribution in [0, 0.1) is 19.8 Å². The van der Waals surface area contributed by atoms with Gasteiger partial charge in [-0.1, -0.05) is 23.4 Å². The average Bonchev–Trinajstić information content (AvgIpc) is 3.30. The van der Waals surface area contributed by atoms with Crippen LogP contribution in [0.1, 0.15) is 28.8 Å². The van der Waals surface area contributed by atoms with Crippen molar-refractivity contribution in [1.82, 2.24) is 9.38 Å².